The Morgan fingerprint density at radius 3 is 2.64 bits per heavy atom. The summed E-state index contributed by atoms with van der Waals surface area (Å²) < 4.78 is 0. The molecule has 0 aliphatic rings. The number of nitrogens with one attached hydrogen (secondary N) is 1. The third-order valence-electron chi connectivity index (χ3n) is 2.96. The predicted octanol–water partition coefficient (Wildman–Crippen LogP) is 2.23. The van der Waals surface area contributed by atoms with Gasteiger partial charge in [-0.3, -0.25) is 9.78 Å². The minimum Gasteiger partial charge on any atom is -0.347 e. The van der Waals surface area contributed by atoms with E-state index in [1.807, 2.05) is 19.1 Å². The zero-order valence-electron chi connectivity index (χ0n) is 11.9. The first-order valence-electron chi connectivity index (χ1n) is 6.66. The lowest BCUT2D eigenvalue weighted by Gasteiger charge is -2.03. The van der Waals surface area contributed by atoms with Crippen LogP contribution in [0.1, 0.15) is 20.9 Å². The van der Waals surface area contributed by atoms with Crippen molar-refractivity contribution in [3.8, 4) is 10.8 Å². The highest BCUT2D eigenvalue weighted by Crippen LogP contribution is 2.25. The highest BCUT2D eigenvalue weighted by atomic mass is 32.1. The lowest BCUT2D eigenvalue weighted by molar-refractivity contribution is 0.0954. The van der Waals surface area contributed by atoms with Crippen molar-refractivity contribution in [3.05, 3.63) is 59.1 Å². The molecule has 1 amide bonds. The first-order chi connectivity index (χ1) is 10.7. The molecule has 3 aromatic rings. The molecule has 0 unspecified atom stereocenters. The molecule has 0 bridgehead atoms. The monoisotopic (exact) mass is 311 g/mol. The Labute approximate surface area is 131 Å². The van der Waals surface area contributed by atoms with Crippen LogP contribution in [0.2, 0.25) is 0 Å². The average molecular weight is 311 g/mol. The van der Waals surface area contributed by atoms with Gasteiger partial charge in [0.05, 0.1) is 5.69 Å². The number of pyridine rings is 1. The molecule has 0 saturated carbocycles. The fourth-order valence-electron chi connectivity index (χ4n) is 1.88. The van der Waals surface area contributed by atoms with Crippen LogP contribution in [0.4, 0.5) is 0 Å². The minimum atomic E-state index is -0.144. The summed E-state index contributed by atoms with van der Waals surface area (Å²) in [6.07, 6.45) is 6.71. The van der Waals surface area contributed by atoms with Gasteiger partial charge in [-0.15, -0.1) is 11.3 Å². The maximum atomic E-state index is 12.3. The molecule has 7 heteroatoms. The van der Waals surface area contributed by atoms with E-state index in [9.17, 15) is 4.79 Å². The van der Waals surface area contributed by atoms with Gasteiger partial charge in [0, 0.05) is 31.3 Å². The van der Waals surface area contributed by atoms with Crippen LogP contribution >= 0.6 is 11.3 Å². The SMILES string of the molecule is Cc1nc(-c2ncccn2)sc1C(=O)NCc1ccncc1. The molecule has 3 heterocycles. The highest BCUT2D eigenvalue weighted by Gasteiger charge is 2.17. The Kier molecular flexibility index (Phi) is 4.15. The molecule has 3 aromatic heterocycles. The summed E-state index contributed by atoms with van der Waals surface area (Å²) in [6.45, 7) is 2.26. The smallest absolute Gasteiger partial charge is 0.263 e. The molecular weight excluding hydrogens is 298 g/mol. The van der Waals surface area contributed by atoms with Crippen molar-refractivity contribution in [1.29, 1.82) is 0 Å². The molecule has 0 saturated heterocycles. The largest absolute Gasteiger partial charge is 0.347 e. The van der Waals surface area contributed by atoms with Crippen LogP contribution in [0.15, 0.2) is 43.0 Å². The van der Waals surface area contributed by atoms with Crippen molar-refractivity contribution in [2.75, 3.05) is 0 Å². The van der Waals surface area contributed by atoms with Crippen molar-refractivity contribution in [2.45, 2.75) is 13.5 Å². The van der Waals surface area contributed by atoms with Gasteiger partial charge >= 0.3 is 0 Å². The Bertz CT molecular complexity index is 773. The van der Waals surface area contributed by atoms with Crippen LogP contribution in [0.5, 0.6) is 0 Å². The second kappa shape index (κ2) is 6.40. The van der Waals surface area contributed by atoms with E-state index < -0.39 is 0 Å². The lowest BCUT2D eigenvalue weighted by atomic mass is 10.2. The molecule has 0 aliphatic carbocycles. The van der Waals surface area contributed by atoms with Crippen molar-refractivity contribution in [3.63, 3.8) is 0 Å². The summed E-state index contributed by atoms with van der Waals surface area (Å²) in [5.41, 5.74) is 1.68. The van der Waals surface area contributed by atoms with Crippen LogP contribution in [-0.2, 0) is 6.54 Å². The molecule has 0 fully saturated rings. The van der Waals surface area contributed by atoms with Crippen LogP contribution in [0.25, 0.3) is 10.8 Å². The number of nitrogens with zero attached hydrogens (tertiary/aromatic N) is 4. The van der Waals surface area contributed by atoms with E-state index in [0.717, 1.165) is 5.56 Å². The number of thiazole rings is 1. The average Bonchev–Trinajstić information content (AvgIpc) is 2.96. The predicted molar refractivity (Wildman–Crippen MR) is 83.3 cm³/mol. The molecule has 0 aliphatic heterocycles. The van der Waals surface area contributed by atoms with Gasteiger partial charge in [-0.25, -0.2) is 15.0 Å². The summed E-state index contributed by atoms with van der Waals surface area (Å²) in [4.78, 5) is 29.5. The second-order valence-electron chi connectivity index (χ2n) is 4.54. The molecule has 0 spiro atoms. The van der Waals surface area contributed by atoms with Crippen LogP contribution < -0.4 is 5.32 Å². The number of carbonyl (C=O) groups is 1. The van der Waals surface area contributed by atoms with E-state index in [4.69, 9.17) is 0 Å². The third kappa shape index (κ3) is 3.15. The van der Waals surface area contributed by atoms with Crippen LogP contribution in [0, 0.1) is 6.92 Å². The zero-order valence-corrected chi connectivity index (χ0v) is 12.7. The summed E-state index contributed by atoms with van der Waals surface area (Å²) in [6, 6.07) is 5.47. The number of hydrogen-bond donors (Lipinski definition) is 1. The molecule has 110 valence electrons. The normalized spacial score (nSPS) is 10.4. The van der Waals surface area contributed by atoms with Gasteiger partial charge in [0.2, 0.25) is 0 Å². The van der Waals surface area contributed by atoms with Crippen LogP contribution in [0.3, 0.4) is 0 Å². The molecule has 1 N–H and O–H groups in total. The molecular formula is C15H13N5OS. The van der Waals surface area contributed by atoms with Crippen molar-refractivity contribution in [1.82, 2.24) is 25.3 Å². The Hall–Kier alpha value is -2.67. The fraction of sp³-hybridized carbons (Fsp3) is 0.133. The molecule has 0 aromatic carbocycles. The number of carbonyl (C=O) groups excluding carboxylic acids is 1. The minimum absolute atomic E-state index is 0.144. The molecule has 0 atom stereocenters. The second-order valence-corrected chi connectivity index (χ2v) is 5.54. The summed E-state index contributed by atoms with van der Waals surface area (Å²) in [7, 11) is 0. The Morgan fingerprint density at radius 2 is 1.91 bits per heavy atom. The number of amides is 1. The van der Waals surface area contributed by atoms with Crippen LogP contribution in [-0.4, -0.2) is 25.8 Å². The first kappa shape index (κ1) is 14.3. The Morgan fingerprint density at radius 1 is 1.18 bits per heavy atom. The van der Waals surface area contributed by atoms with Gasteiger partial charge in [0.15, 0.2) is 10.8 Å². The van der Waals surface area contributed by atoms with Crippen molar-refractivity contribution in [2.24, 2.45) is 0 Å². The van der Waals surface area contributed by atoms with Crippen molar-refractivity contribution < 1.29 is 4.79 Å². The van der Waals surface area contributed by atoms with E-state index in [1.165, 1.54) is 11.3 Å². The van der Waals surface area contributed by atoms with E-state index in [2.05, 4.69) is 25.3 Å². The van der Waals surface area contributed by atoms with E-state index in [1.54, 1.807) is 30.9 Å². The molecule has 22 heavy (non-hydrogen) atoms. The molecule has 3 rings (SSSR count). The maximum Gasteiger partial charge on any atom is 0.263 e. The summed E-state index contributed by atoms with van der Waals surface area (Å²) in [5.74, 6) is 0.387. The van der Waals surface area contributed by atoms with E-state index >= 15 is 0 Å². The third-order valence-corrected chi connectivity index (χ3v) is 4.11. The Balaban J connectivity index is 1.74. The van der Waals surface area contributed by atoms with Gasteiger partial charge in [0.1, 0.15) is 4.88 Å². The molecule has 6 nitrogen and oxygen atoms in total. The number of aromatic nitrogens is 4. The summed E-state index contributed by atoms with van der Waals surface area (Å²) in [5, 5.41) is 3.53. The highest BCUT2D eigenvalue weighted by molar-refractivity contribution is 7.17. The maximum absolute atomic E-state index is 12.3. The topological polar surface area (TPSA) is 80.7 Å². The van der Waals surface area contributed by atoms with E-state index in [-0.39, 0.29) is 5.91 Å². The lowest BCUT2D eigenvalue weighted by Crippen LogP contribution is -2.22. The van der Waals surface area contributed by atoms with Gasteiger partial charge in [0.25, 0.3) is 5.91 Å². The number of aryl methyl sites for hydroxylation is 1. The van der Waals surface area contributed by atoms with Gasteiger partial charge in [-0.05, 0) is 30.7 Å². The number of hydrogen-bond acceptors (Lipinski definition) is 6. The van der Waals surface area contributed by atoms with Gasteiger partial charge < -0.3 is 5.32 Å². The fourth-order valence-corrected chi connectivity index (χ4v) is 2.81. The molecule has 0 radical (unpaired) electrons. The standard InChI is InChI=1S/C15H13N5OS/c1-10-12(14(21)19-9-11-3-7-16-8-4-11)22-15(20-10)13-17-5-2-6-18-13/h2-8H,9H2,1H3,(H,19,21). The van der Waals surface area contributed by atoms with E-state index in [0.29, 0.717) is 27.9 Å². The summed E-state index contributed by atoms with van der Waals surface area (Å²) >= 11 is 1.30. The first-order valence-corrected chi connectivity index (χ1v) is 7.47. The number of rotatable bonds is 4. The van der Waals surface area contributed by atoms with Gasteiger partial charge in [-0.2, -0.15) is 0 Å². The van der Waals surface area contributed by atoms with Gasteiger partial charge in [-0.1, -0.05) is 0 Å². The van der Waals surface area contributed by atoms with Crippen molar-refractivity contribution >= 4 is 17.2 Å². The quantitative estimate of drug-likeness (QED) is 0.799. The zero-order chi connectivity index (χ0) is 15.4.